The van der Waals surface area contributed by atoms with E-state index in [2.05, 4.69) is 15.5 Å². The molecule has 1 aromatic heterocycles. The number of anilines is 1. The molecule has 1 atom stereocenters. The number of para-hydroxylation sites is 2. The Morgan fingerprint density at radius 2 is 1.56 bits per heavy atom. The van der Waals surface area contributed by atoms with Gasteiger partial charge in [-0.15, -0.1) is 0 Å². The predicted molar refractivity (Wildman–Crippen MR) is 153 cm³/mol. The second kappa shape index (κ2) is 11.4. The summed E-state index contributed by atoms with van der Waals surface area (Å²) in [6.45, 7) is 0.841. The van der Waals surface area contributed by atoms with Crippen LogP contribution in [0.2, 0.25) is 0 Å². The lowest BCUT2D eigenvalue weighted by Crippen LogP contribution is -2.50. The molecule has 2 amide bonds. The minimum absolute atomic E-state index is 0.0717. The van der Waals surface area contributed by atoms with Gasteiger partial charge in [-0.05, 0) is 62.1 Å². The van der Waals surface area contributed by atoms with E-state index in [1.165, 1.54) is 38.5 Å². The molecule has 2 heterocycles. The predicted octanol–water partition coefficient (Wildman–Crippen LogP) is 6.06. The Balaban J connectivity index is 1.30. The third-order valence-electron chi connectivity index (χ3n) is 9.08. The second-order valence-corrected chi connectivity index (χ2v) is 11.5. The number of ether oxygens (including phenoxy) is 1. The molecule has 0 N–H and O–H groups in total. The Morgan fingerprint density at radius 3 is 2.21 bits per heavy atom. The average Bonchev–Trinajstić information content (AvgIpc) is 3.55. The van der Waals surface area contributed by atoms with Gasteiger partial charge in [0.05, 0.1) is 18.1 Å². The van der Waals surface area contributed by atoms with Crippen LogP contribution in [0.4, 0.5) is 5.69 Å². The first kappa shape index (κ1) is 25.9. The van der Waals surface area contributed by atoms with Gasteiger partial charge in [-0.1, -0.05) is 50.7 Å². The molecule has 3 aliphatic rings. The van der Waals surface area contributed by atoms with Crippen molar-refractivity contribution in [1.29, 1.82) is 0 Å². The van der Waals surface area contributed by atoms with Gasteiger partial charge in [0, 0.05) is 36.7 Å². The van der Waals surface area contributed by atoms with Crippen LogP contribution in [0.1, 0.15) is 82.4 Å². The lowest BCUT2D eigenvalue weighted by Gasteiger charge is -2.42. The normalized spacial score (nSPS) is 21.0. The lowest BCUT2D eigenvalue weighted by molar-refractivity contribution is -0.138. The summed E-state index contributed by atoms with van der Waals surface area (Å²) in [5.74, 6) is 1.84. The summed E-state index contributed by atoms with van der Waals surface area (Å²) in [7, 11) is 1.64. The summed E-state index contributed by atoms with van der Waals surface area (Å²) < 4.78 is 7.41. The standard InChI is InChI=1S/C32H40N4O3/c1-39-27-18-16-24(17-19-27)34-21-23(20-30(34)37)32-33-28-14-8-9-15-29(28)35(32)22-31(38)36(25-10-4-2-5-11-25)26-12-6-3-7-13-26/h8-9,14-19,23,25-26H,2-7,10-13,20-22H2,1H3. The summed E-state index contributed by atoms with van der Waals surface area (Å²) in [5, 5.41) is 0. The van der Waals surface area contributed by atoms with Gasteiger partial charge in [0.1, 0.15) is 18.1 Å². The van der Waals surface area contributed by atoms with Crippen molar-refractivity contribution in [3.63, 3.8) is 0 Å². The Labute approximate surface area is 231 Å². The molecule has 3 fully saturated rings. The number of hydrogen-bond donors (Lipinski definition) is 0. The summed E-state index contributed by atoms with van der Waals surface area (Å²) in [6, 6.07) is 16.4. The number of carbonyl (C=O) groups is 2. The van der Waals surface area contributed by atoms with Crippen LogP contribution in [0.3, 0.4) is 0 Å². The first-order valence-electron chi connectivity index (χ1n) is 14.8. The molecule has 1 aliphatic heterocycles. The number of rotatable bonds is 7. The minimum Gasteiger partial charge on any atom is -0.497 e. The molecule has 2 saturated carbocycles. The van der Waals surface area contributed by atoms with Gasteiger partial charge < -0.3 is 19.1 Å². The maximum atomic E-state index is 14.2. The van der Waals surface area contributed by atoms with Gasteiger partial charge in [0.25, 0.3) is 0 Å². The highest BCUT2D eigenvalue weighted by atomic mass is 16.5. The van der Waals surface area contributed by atoms with Crippen molar-refractivity contribution in [2.24, 2.45) is 0 Å². The molecule has 0 spiro atoms. The molecule has 0 bridgehead atoms. The zero-order chi connectivity index (χ0) is 26.8. The molecule has 6 rings (SSSR count). The summed E-state index contributed by atoms with van der Waals surface area (Å²) in [5.41, 5.74) is 2.73. The largest absolute Gasteiger partial charge is 0.497 e. The van der Waals surface area contributed by atoms with Crippen LogP contribution >= 0.6 is 0 Å². The van der Waals surface area contributed by atoms with Crippen LogP contribution in [0.5, 0.6) is 5.75 Å². The van der Waals surface area contributed by atoms with Crippen molar-refractivity contribution in [3.8, 4) is 5.75 Å². The first-order valence-corrected chi connectivity index (χ1v) is 14.8. The number of fused-ring (bicyclic) bond motifs is 1. The average molecular weight is 529 g/mol. The van der Waals surface area contributed by atoms with Crippen molar-refractivity contribution in [1.82, 2.24) is 14.5 Å². The fourth-order valence-electron chi connectivity index (χ4n) is 7.10. The van der Waals surface area contributed by atoms with Gasteiger partial charge in [0.2, 0.25) is 11.8 Å². The number of amides is 2. The smallest absolute Gasteiger partial charge is 0.243 e. The van der Waals surface area contributed by atoms with E-state index in [-0.39, 0.29) is 24.3 Å². The minimum atomic E-state index is -0.0717. The Bertz CT molecular complexity index is 1290. The number of imidazole rings is 1. The Kier molecular flexibility index (Phi) is 7.58. The van der Waals surface area contributed by atoms with E-state index in [9.17, 15) is 9.59 Å². The van der Waals surface area contributed by atoms with Crippen LogP contribution in [-0.2, 0) is 16.1 Å². The first-order chi connectivity index (χ1) is 19.1. The molecule has 2 aromatic carbocycles. The highest BCUT2D eigenvalue weighted by Gasteiger charge is 2.37. The number of carbonyl (C=O) groups excluding carboxylic acids is 2. The van der Waals surface area contributed by atoms with Crippen molar-refractivity contribution in [2.75, 3.05) is 18.6 Å². The van der Waals surface area contributed by atoms with Crippen LogP contribution in [0, 0.1) is 0 Å². The molecule has 7 nitrogen and oxygen atoms in total. The van der Waals surface area contributed by atoms with Crippen molar-refractivity contribution >= 4 is 28.5 Å². The monoisotopic (exact) mass is 528 g/mol. The highest BCUT2D eigenvalue weighted by Crippen LogP contribution is 2.35. The van der Waals surface area contributed by atoms with Gasteiger partial charge >= 0.3 is 0 Å². The van der Waals surface area contributed by atoms with E-state index in [1.807, 2.05) is 47.4 Å². The van der Waals surface area contributed by atoms with Gasteiger partial charge in [-0.2, -0.15) is 0 Å². The Hall–Kier alpha value is -3.35. The van der Waals surface area contributed by atoms with Crippen LogP contribution in [-0.4, -0.2) is 52.0 Å². The molecule has 1 unspecified atom stereocenters. The SMILES string of the molecule is COc1ccc(N2CC(c3nc4ccccc4n3CC(=O)N(C3CCCCC3)C3CCCCC3)CC2=O)cc1. The van der Waals surface area contributed by atoms with Crippen molar-refractivity contribution in [2.45, 2.75) is 95.2 Å². The van der Waals surface area contributed by atoms with Crippen molar-refractivity contribution in [3.05, 3.63) is 54.4 Å². The maximum Gasteiger partial charge on any atom is 0.243 e. The van der Waals surface area contributed by atoms with E-state index < -0.39 is 0 Å². The van der Waals surface area contributed by atoms with Gasteiger partial charge in [-0.3, -0.25) is 9.59 Å². The molecular formula is C32H40N4O3. The van der Waals surface area contributed by atoms with E-state index in [4.69, 9.17) is 9.72 Å². The van der Waals surface area contributed by atoms with E-state index >= 15 is 0 Å². The van der Waals surface area contributed by atoms with Gasteiger partial charge in [-0.25, -0.2) is 4.98 Å². The fraction of sp³-hybridized carbons (Fsp3) is 0.531. The molecule has 3 aromatic rings. The van der Waals surface area contributed by atoms with Crippen LogP contribution in [0.15, 0.2) is 48.5 Å². The summed E-state index contributed by atoms with van der Waals surface area (Å²) in [6.07, 6.45) is 12.3. The van der Waals surface area contributed by atoms with E-state index in [1.54, 1.807) is 7.11 Å². The highest BCUT2D eigenvalue weighted by molar-refractivity contribution is 5.96. The molecule has 1 saturated heterocycles. The fourth-order valence-corrected chi connectivity index (χ4v) is 7.10. The molecule has 7 heteroatoms. The zero-order valence-electron chi connectivity index (χ0n) is 23.1. The number of nitrogens with zero attached hydrogens (tertiary/aromatic N) is 4. The van der Waals surface area contributed by atoms with E-state index in [0.29, 0.717) is 25.0 Å². The maximum absolute atomic E-state index is 14.2. The Morgan fingerprint density at radius 1 is 0.923 bits per heavy atom. The molecule has 2 aliphatic carbocycles. The number of methoxy groups -OCH3 is 1. The lowest BCUT2D eigenvalue weighted by atomic mass is 9.88. The van der Waals surface area contributed by atoms with Crippen LogP contribution < -0.4 is 9.64 Å². The summed E-state index contributed by atoms with van der Waals surface area (Å²) >= 11 is 0. The second-order valence-electron chi connectivity index (χ2n) is 11.5. The number of benzene rings is 2. The van der Waals surface area contributed by atoms with Gasteiger partial charge in [0.15, 0.2) is 0 Å². The third-order valence-corrected chi connectivity index (χ3v) is 9.08. The number of aromatic nitrogens is 2. The molecule has 0 radical (unpaired) electrons. The number of hydrogen-bond acceptors (Lipinski definition) is 4. The molecular weight excluding hydrogens is 488 g/mol. The van der Waals surface area contributed by atoms with Crippen molar-refractivity contribution < 1.29 is 14.3 Å². The summed E-state index contributed by atoms with van der Waals surface area (Å²) in [4.78, 5) is 36.5. The molecule has 206 valence electrons. The van der Waals surface area contributed by atoms with Crippen LogP contribution in [0.25, 0.3) is 11.0 Å². The zero-order valence-corrected chi connectivity index (χ0v) is 23.1. The molecule has 39 heavy (non-hydrogen) atoms. The van der Waals surface area contributed by atoms with E-state index in [0.717, 1.165) is 54.0 Å². The topological polar surface area (TPSA) is 67.7 Å². The quantitative estimate of drug-likeness (QED) is 0.374. The third kappa shape index (κ3) is 5.28.